The van der Waals surface area contributed by atoms with E-state index in [9.17, 15) is 63.9 Å². The molecule has 87 heavy (non-hydrogen) atoms. The van der Waals surface area contributed by atoms with Gasteiger partial charge in [-0.1, -0.05) is 32.4 Å². The first-order valence-corrected chi connectivity index (χ1v) is 29.3. The number of rotatable bonds is 22. The van der Waals surface area contributed by atoms with E-state index in [2.05, 4.69) is 20.9 Å². The van der Waals surface area contributed by atoms with E-state index < -0.39 is 133 Å². The number of imide groups is 1. The van der Waals surface area contributed by atoms with Gasteiger partial charge in [-0.25, -0.2) is 4.79 Å². The van der Waals surface area contributed by atoms with Gasteiger partial charge in [0.1, 0.15) is 54.4 Å². The van der Waals surface area contributed by atoms with Crippen molar-refractivity contribution < 1.29 is 96.4 Å². The number of aliphatic hydroxyl groups is 1. The zero-order valence-corrected chi connectivity index (χ0v) is 49.5. The molecule has 2 aromatic carbocycles. The van der Waals surface area contributed by atoms with Gasteiger partial charge in [0, 0.05) is 107 Å². The SMILES string of the molecule is COc1cccc2c1C(=N)c1c(O)c3c(c(O)c1C2=O)C[C@@](O)(C(=O)COC(=O)N1CCCN(C(=O)COCNC(=O)[C@H](C)NC(=O)[C@@H](NC(=O)CCCCCN2C(=O)C=CC2=O)C(C)C)CC1)C[C@@H]3O[C@H]1CC2[C@H](O[C@@H]3[C@@H](OC)OCCN23)[C@H](C)O1. The van der Waals surface area contributed by atoms with E-state index in [-0.39, 0.29) is 121 Å². The molecular weight excluding hydrogens is 1140 g/mol. The molecule has 7 amide bonds. The molecule has 2 aromatic rings. The van der Waals surface area contributed by atoms with Crippen LogP contribution >= 0.6 is 0 Å². The fraction of sp³-hybridized carbons (Fsp3) is 0.593. The first-order valence-electron chi connectivity index (χ1n) is 29.3. The highest BCUT2D eigenvalue weighted by Gasteiger charge is 2.55. The average Bonchev–Trinajstić information content (AvgIpc) is 1.30. The number of phenolic OH excluding ortho intramolecular Hbond substituents is 2. The molecule has 5 aliphatic heterocycles. The van der Waals surface area contributed by atoms with E-state index in [0.717, 1.165) is 4.90 Å². The van der Waals surface area contributed by atoms with Crippen molar-refractivity contribution in [3.63, 3.8) is 0 Å². The number of ether oxygens (including phenoxy) is 8. The number of nitrogens with one attached hydrogen (secondary N) is 4. The molecule has 28 heteroatoms. The zero-order chi connectivity index (χ0) is 62.6. The minimum absolute atomic E-state index is 0.0122. The zero-order valence-electron chi connectivity index (χ0n) is 49.5. The van der Waals surface area contributed by atoms with Crippen LogP contribution in [0.4, 0.5) is 4.79 Å². The third kappa shape index (κ3) is 13.5. The van der Waals surface area contributed by atoms with Crippen LogP contribution in [0.15, 0.2) is 30.4 Å². The number of methoxy groups -OCH3 is 2. The molecule has 0 radical (unpaired) electrons. The second-order valence-electron chi connectivity index (χ2n) is 23.0. The number of phenols is 2. The van der Waals surface area contributed by atoms with Crippen LogP contribution in [0.5, 0.6) is 17.2 Å². The second kappa shape index (κ2) is 27.3. The molecule has 28 nitrogen and oxygen atoms in total. The summed E-state index contributed by atoms with van der Waals surface area (Å²) in [5.74, 6) is -5.93. The molecular formula is C59H76N8O20. The van der Waals surface area contributed by atoms with Crippen LogP contribution in [0.1, 0.15) is 117 Å². The van der Waals surface area contributed by atoms with Gasteiger partial charge in [-0.05, 0) is 45.1 Å². The van der Waals surface area contributed by atoms with Crippen molar-refractivity contribution >= 4 is 58.8 Å². The van der Waals surface area contributed by atoms with Crippen molar-refractivity contribution in [3.05, 3.63) is 63.7 Å². The van der Waals surface area contributed by atoms with Crippen molar-refractivity contribution in [1.29, 1.82) is 5.41 Å². The number of aromatic hydroxyl groups is 2. The molecule has 0 bridgehead atoms. The minimum Gasteiger partial charge on any atom is -0.507 e. The molecule has 4 saturated heterocycles. The summed E-state index contributed by atoms with van der Waals surface area (Å²) < 4.78 is 47.2. The van der Waals surface area contributed by atoms with E-state index >= 15 is 0 Å². The van der Waals surface area contributed by atoms with E-state index in [1.807, 2.05) is 0 Å². The molecule has 0 saturated carbocycles. The standard InChI is InChI=1S/C59H76N8O20/c1-30(2)49(63-39(69)14-8-7-9-19-67-40(70)15-16-41(67)71)55(77)62-31(3)54(76)61-29-82-28-42(72)64-17-11-18-65(21-20-64)58(78)84-27-38(68)59(79)25-34-45(52(75)46-47(51(34)74)50(73)33-12-10-13-36(80-5)44(33)48(46)60)37(26-59)86-43-24-35-53(32(4)85-43)87-56-57(81-6)83-23-22-66(35)56/h10,12-13,15-16,30-32,35,37,43,49,53,56-57,60,74-75,79H,7-9,11,14,17-29H2,1-6H3,(H,61,76)(H,62,77)(H,63,69)/t31-,32-,35?,37-,43-,49-,53+,56+,57-,59-/m0/s1. The number of unbranched alkanes of at least 4 members (excludes halogenated alkanes) is 2. The molecule has 7 N–H and O–H groups in total. The quantitative estimate of drug-likeness (QED) is 0.0316. The van der Waals surface area contributed by atoms with Crippen molar-refractivity contribution in [2.75, 3.05) is 80.0 Å². The lowest BCUT2D eigenvalue weighted by Crippen LogP contribution is -2.55. The number of benzene rings is 2. The molecule has 9 rings (SSSR count). The van der Waals surface area contributed by atoms with Crippen molar-refractivity contribution in [3.8, 4) is 17.2 Å². The van der Waals surface area contributed by atoms with Gasteiger partial charge in [-0.15, -0.1) is 0 Å². The van der Waals surface area contributed by atoms with Crippen molar-refractivity contribution in [2.24, 2.45) is 5.92 Å². The third-order valence-corrected chi connectivity index (χ3v) is 17.0. The van der Waals surface area contributed by atoms with E-state index in [0.29, 0.717) is 38.8 Å². The number of amides is 7. The van der Waals surface area contributed by atoms with Gasteiger partial charge in [0.15, 0.2) is 31.2 Å². The first-order chi connectivity index (χ1) is 41.5. The van der Waals surface area contributed by atoms with E-state index in [4.69, 9.17) is 37.9 Å². The van der Waals surface area contributed by atoms with Crippen molar-refractivity contribution in [2.45, 2.75) is 140 Å². The molecule has 10 atom stereocenters. The Kier molecular flexibility index (Phi) is 20.1. The Morgan fingerprint density at radius 2 is 1.60 bits per heavy atom. The summed E-state index contributed by atoms with van der Waals surface area (Å²) in [5.41, 5.74) is -3.65. The number of morpholine rings is 1. The van der Waals surface area contributed by atoms with Crippen LogP contribution in [0.25, 0.3) is 0 Å². The van der Waals surface area contributed by atoms with Gasteiger partial charge in [0.25, 0.3) is 11.8 Å². The third-order valence-electron chi connectivity index (χ3n) is 17.0. The molecule has 1 unspecified atom stereocenters. The van der Waals surface area contributed by atoms with E-state index in [1.54, 1.807) is 32.9 Å². The molecule has 0 aromatic heterocycles. The number of carbonyl (C=O) groups excluding carboxylic acids is 9. The lowest BCUT2D eigenvalue weighted by atomic mass is 9.71. The number of ketones is 2. The van der Waals surface area contributed by atoms with Gasteiger partial charge in [0.2, 0.25) is 29.4 Å². The number of hydrogen-bond donors (Lipinski definition) is 7. The first kappa shape index (κ1) is 64.0. The average molecular weight is 1220 g/mol. The number of nitrogens with zero attached hydrogens (tertiary/aromatic N) is 4. The summed E-state index contributed by atoms with van der Waals surface area (Å²) in [4.78, 5) is 124. The lowest BCUT2D eigenvalue weighted by Gasteiger charge is -2.43. The Morgan fingerprint density at radius 1 is 0.862 bits per heavy atom. The summed E-state index contributed by atoms with van der Waals surface area (Å²) >= 11 is 0. The largest absolute Gasteiger partial charge is 0.507 e. The van der Waals surface area contributed by atoms with Crippen molar-refractivity contribution in [1.82, 2.24) is 35.6 Å². The summed E-state index contributed by atoms with van der Waals surface area (Å²) in [6, 6.07) is 2.29. The van der Waals surface area contributed by atoms with Gasteiger partial charge in [0.05, 0.1) is 48.3 Å². The molecule has 5 heterocycles. The molecule has 4 fully saturated rings. The van der Waals surface area contributed by atoms with Crippen LogP contribution < -0.4 is 20.7 Å². The topological polar surface area (TPSA) is 361 Å². The summed E-state index contributed by atoms with van der Waals surface area (Å²) in [6.45, 7) is 6.44. The highest BCUT2D eigenvalue weighted by atomic mass is 16.7. The maximum absolute atomic E-state index is 14.4. The van der Waals surface area contributed by atoms with Gasteiger partial charge >= 0.3 is 6.09 Å². The Morgan fingerprint density at radius 3 is 2.32 bits per heavy atom. The molecule has 472 valence electrons. The Balaban J connectivity index is 0.770. The van der Waals surface area contributed by atoms with Gasteiger partial charge in [-0.3, -0.25) is 53.6 Å². The summed E-state index contributed by atoms with van der Waals surface area (Å²) in [7, 11) is 2.89. The minimum atomic E-state index is -2.43. The summed E-state index contributed by atoms with van der Waals surface area (Å²) in [5, 5.41) is 53.9. The Bertz CT molecular complexity index is 3060. The van der Waals surface area contributed by atoms with Gasteiger partial charge in [-0.2, -0.15) is 0 Å². The van der Waals surface area contributed by atoms with Crippen LogP contribution in [0.2, 0.25) is 0 Å². The maximum atomic E-state index is 14.4. The Hall–Kier alpha value is -7.44. The van der Waals surface area contributed by atoms with Crippen LogP contribution in [0, 0.1) is 11.3 Å². The smallest absolute Gasteiger partial charge is 0.410 e. The highest BCUT2D eigenvalue weighted by Crippen LogP contribution is 2.53. The lowest BCUT2D eigenvalue weighted by molar-refractivity contribution is -0.256. The van der Waals surface area contributed by atoms with E-state index in [1.165, 1.54) is 49.2 Å². The number of carbonyl (C=O) groups is 9. The monoisotopic (exact) mass is 1220 g/mol. The van der Waals surface area contributed by atoms with Crippen LogP contribution in [-0.2, 0) is 73.1 Å². The fourth-order valence-electron chi connectivity index (χ4n) is 12.3. The number of fused-ring (bicyclic) bond motifs is 6. The number of hydrogen-bond acceptors (Lipinski definition) is 22. The van der Waals surface area contributed by atoms with Crippen LogP contribution in [-0.4, -0.2) is 229 Å². The molecule has 2 aliphatic carbocycles. The number of Topliss-reactive ketones (excluding diaryl/α,β-unsaturated/α-hetero) is 1. The Labute approximate surface area is 501 Å². The maximum Gasteiger partial charge on any atom is 0.410 e. The van der Waals surface area contributed by atoms with Gasteiger partial charge < -0.3 is 79.0 Å². The molecule has 0 spiro atoms. The second-order valence-corrected chi connectivity index (χ2v) is 23.0. The highest BCUT2D eigenvalue weighted by molar-refractivity contribution is 6.32. The predicted molar refractivity (Wildman–Crippen MR) is 301 cm³/mol. The summed E-state index contributed by atoms with van der Waals surface area (Å²) in [6.07, 6.45) is -2.17. The fourth-order valence-corrected chi connectivity index (χ4v) is 12.3. The molecule has 7 aliphatic rings. The predicted octanol–water partition coefficient (Wildman–Crippen LogP) is 0.796. The van der Waals surface area contributed by atoms with Crippen LogP contribution in [0.3, 0.4) is 0 Å². The normalized spacial score (nSPS) is 25.8.